The summed E-state index contributed by atoms with van der Waals surface area (Å²) in [6.45, 7) is 0. The monoisotopic (exact) mass is 305 g/mol. The molecule has 0 fully saturated rings. The molecular weight excluding hydrogens is 293 g/mol. The molecule has 0 amide bonds. The van der Waals surface area contributed by atoms with Crippen LogP contribution in [0.25, 0.3) is 0 Å². The Bertz CT molecular complexity index is 328. The number of aryl methyl sites for hydroxylation is 1. The second-order valence-electron chi connectivity index (χ2n) is 3.11. The Morgan fingerprint density at radius 1 is 1.57 bits per heavy atom. The van der Waals surface area contributed by atoms with Crippen LogP contribution in [0.15, 0.2) is 24.3 Å². The summed E-state index contributed by atoms with van der Waals surface area (Å²) in [5, 5.41) is 8.59. The number of hydrogen-bond donors (Lipinski definition) is 2. The highest BCUT2D eigenvalue weighted by atomic mass is 127. The van der Waals surface area contributed by atoms with E-state index in [1.807, 2.05) is 24.3 Å². The maximum atomic E-state index is 10.5. The van der Waals surface area contributed by atoms with E-state index in [2.05, 4.69) is 22.6 Å². The molecule has 4 heteroatoms. The summed E-state index contributed by atoms with van der Waals surface area (Å²) in [6, 6.07) is 7.23. The minimum atomic E-state index is -0.935. The summed E-state index contributed by atoms with van der Waals surface area (Å²) < 4.78 is 1.16. The maximum Gasteiger partial charge on any atom is 0.320 e. The molecule has 1 aromatic rings. The molecule has 0 spiro atoms. The van der Waals surface area contributed by atoms with Gasteiger partial charge in [0.1, 0.15) is 6.04 Å². The first-order chi connectivity index (χ1) is 6.59. The van der Waals surface area contributed by atoms with E-state index in [-0.39, 0.29) is 0 Å². The first-order valence-electron chi connectivity index (χ1n) is 4.32. The van der Waals surface area contributed by atoms with Gasteiger partial charge in [-0.15, -0.1) is 0 Å². The maximum absolute atomic E-state index is 10.5. The van der Waals surface area contributed by atoms with Crippen LogP contribution in [0.3, 0.4) is 0 Å². The van der Waals surface area contributed by atoms with Crippen LogP contribution < -0.4 is 5.73 Å². The predicted molar refractivity (Wildman–Crippen MR) is 63.1 cm³/mol. The van der Waals surface area contributed by atoms with Crippen molar-refractivity contribution in [2.24, 2.45) is 5.73 Å². The lowest BCUT2D eigenvalue weighted by Crippen LogP contribution is -2.30. The Balaban J connectivity index is 2.49. The van der Waals surface area contributed by atoms with E-state index in [9.17, 15) is 4.79 Å². The molecule has 0 bridgehead atoms. The van der Waals surface area contributed by atoms with Crippen LogP contribution in [0.2, 0.25) is 0 Å². The van der Waals surface area contributed by atoms with Crippen LogP contribution in [0.5, 0.6) is 0 Å². The predicted octanol–water partition coefficient (Wildman–Crippen LogP) is 1.64. The molecule has 76 valence electrons. The van der Waals surface area contributed by atoms with E-state index in [4.69, 9.17) is 10.8 Å². The van der Waals surface area contributed by atoms with Crippen molar-refractivity contribution in [3.63, 3.8) is 0 Å². The molecule has 3 nitrogen and oxygen atoms in total. The van der Waals surface area contributed by atoms with Gasteiger partial charge in [0.05, 0.1) is 0 Å². The lowest BCUT2D eigenvalue weighted by Gasteiger charge is -2.06. The number of benzene rings is 1. The molecule has 3 N–H and O–H groups in total. The van der Waals surface area contributed by atoms with Crippen molar-refractivity contribution in [3.8, 4) is 0 Å². The van der Waals surface area contributed by atoms with Gasteiger partial charge in [0.15, 0.2) is 0 Å². The second kappa shape index (κ2) is 5.31. The molecule has 1 rings (SSSR count). The molecule has 1 atom stereocenters. The van der Waals surface area contributed by atoms with Crippen molar-refractivity contribution in [2.75, 3.05) is 0 Å². The first-order valence-corrected chi connectivity index (χ1v) is 5.40. The van der Waals surface area contributed by atoms with Crippen LogP contribution in [0, 0.1) is 3.57 Å². The lowest BCUT2D eigenvalue weighted by atomic mass is 10.1. The lowest BCUT2D eigenvalue weighted by molar-refractivity contribution is -0.138. The third-order valence-corrected chi connectivity index (χ3v) is 2.62. The Morgan fingerprint density at radius 3 is 2.86 bits per heavy atom. The van der Waals surface area contributed by atoms with E-state index in [1.54, 1.807) is 0 Å². The molecule has 0 saturated carbocycles. The van der Waals surface area contributed by atoms with Crippen molar-refractivity contribution >= 4 is 28.6 Å². The van der Waals surface area contributed by atoms with Crippen molar-refractivity contribution in [1.82, 2.24) is 0 Å². The zero-order valence-electron chi connectivity index (χ0n) is 7.61. The molecule has 0 heterocycles. The Kier molecular flexibility index (Phi) is 4.34. The Labute approximate surface area is 96.4 Å². The van der Waals surface area contributed by atoms with E-state index in [0.717, 1.165) is 9.13 Å². The van der Waals surface area contributed by atoms with Gasteiger partial charge < -0.3 is 10.8 Å². The van der Waals surface area contributed by atoms with Gasteiger partial charge in [0.2, 0.25) is 0 Å². The normalized spacial score (nSPS) is 12.4. The zero-order chi connectivity index (χ0) is 10.6. The second-order valence-corrected chi connectivity index (χ2v) is 4.36. The molecule has 0 radical (unpaired) electrons. The quantitative estimate of drug-likeness (QED) is 0.831. The number of halogens is 1. The minimum Gasteiger partial charge on any atom is -0.480 e. The molecule has 1 aromatic carbocycles. The summed E-state index contributed by atoms with van der Waals surface area (Å²) in [5.74, 6) is -0.935. The highest BCUT2D eigenvalue weighted by Crippen LogP contribution is 2.10. The number of nitrogens with two attached hydrogens (primary N) is 1. The van der Waals surface area contributed by atoms with Gasteiger partial charge in [0, 0.05) is 3.57 Å². The fourth-order valence-corrected chi connectivity index (χ4v) is 1.75. The molecule has 0 aromatic heterocycles. The summed E-state index contributed by atoms with van der Waals surface area (Å²) in [5.41, 5.74) is 6.53. The molecule has 0 unspecified atom stereocenters. The van der Waals surface area contributed by atoms with Gasteiger partial charge in [0.25, 0.3) is 0 Å². The van der Waals surface area contributed by atoms with Gasteiger partial charge in [-0.1, -0.05) is 12.1 Å². The van der Waals surface area contributed by atoms with Gasteiger partial charge in [-0.05, 0) is 53.1 Å². The standard InChI is InChI=1S/C10H12INO2/c11-8-3-1-2-7(6-8)4-5-9(12)10(13)14/h1-3,6,9H,4-5,12H2,(H,13,14)/t9-/m0/s1. The molecular formula is C10H12INO2. The number of hydrogen-bond acceptors (Lipinski definition) is 2. The smallest absolute Gasteiger partial charge is 0.320 e. The Hall–Kier alpha value is -0.620. The number of carbonyl (C=O) groups is 1. The topological polar surface area (TPSA) is 63.3 Å². The third kappa shape index (κ3) is 3.63. The number of aliphatic carboxylic acids is 1. The van der Waals surface area contributed by atoms with E-state index in [1.165, 1.54) is 0 Å². The van der Waals surface area contributed by atoms with Gasteiger partial charge >= 0.3 is 5.97 Å². The summed E-state index contributed by atoms with van der Waals surface area (Å²) in [4.78, 5) is 10.5. The van der Waals surface area contributed by atoms with Crippen LogP contribution in [0.4, 0.5) is 0 Å². The highest BCUT2D eigenvalue weighted by molar-refractivity contribution is 14.1. The average molecular weight is 305 g/mol. The van der Waals surface area contributed by atoms with E-state index < -0.39 is 12.0 Å². The molecule has 0 saturated heterocycles. The zero-order valence-corrected chi connectivity index (χ0v) is 9.77. The van der Waals surface area contributed by atoms with E-state index in [0.29, 0.717) is 12.8 Å². The summed E-state index contributed by atoms with van der Waals surface area (Å²) >= 11 is 2.23. The van der Waals surface area contributed by atoms with Gasteiger partial charge in [-0.25, -0.2) is 0 Å². The fraction of sp³-hybridized carbons (Fsp3) is 0.300. The van der Waals surface area contributed by atoms with Crippen molar-refractivity contribution in [3.05, 3.63) is 33.4 Å². The Morgan fingerprint density at radius 2 is 2.29 bits per heavy atom. The number of rotatable bonds is 4. The third-order valence-electron chi connectivity index (χ3n) is 1.95. The first kappa shape index (κ1) is 11.5. The average Bonchev–Trinajstić information content (AvgIpc) is 2.14. The van der Waals surface area contributed by atoms with Crippen molar-refractivity contribution in [2.45, 2.75) is 18.9 Å². The van der Waals surface area contributed by atoms with Crippen molar-refractivity contribution in [1.29, 1.82) is 0 Å². The SMILES string of the molecule is N[C@@H](CCc1cccc(I)c1)C(=O)O. The van der Waals surface area contributed by atoms with Crippen LogP contribution in [0.1, 0.15) is 12.0 Å². The molecule has 0 aliphatic rings. The van der Waals surface area contributed by atoms with Crippen LogP contribution in [-0.2, 0) is 11.2 Å². The van der Waals surface area contributed by atoms with Crippen LogP contribution in [-0.4, -0.2) is 17.1 Å². The van der Waals surface area contributed by atoms with E-state index >= 15 is 0 Å². The van der Waals surface area contributed by atoms with Crippen molar-refractivity contribution < 1.29 is 9.90 Å². The molecule has 0 aliphatic heterocycles. The molecule has 0 aliphatic carbocycles. The highest BCUT2D eigenvalue weighted by Gasteiger charge is 2.10. The number of carboxylic acid groups (broad SMARTS) is 1. The van der Waals surface area contributed by atoms with Crippen LogP contribution >= 0.6 is 22.6 Å². The fourth-order valence-electron chi connectivity index (χ4n) is 1.14. The molecule has 14 heavy (non-hydrogen) atoms. The summed E-state index contributed by atoms with van der Waals surface area (Å²) in [7, 11) is 0. The number of carboxylic acids is 1. The van der Waals surface area contributed by atoms with Gasteiger partial charge in [-0.3, -0.25) is 4.79 Å². The summed E-state index contributed by atoms with van der Waals surface area (Å²) in [6.07, 6.45) is 1.19. The minimum absolute atomic E-state index is 0.482. The van der Waals surface area contributed by atoms with Gasteiger partial charge in [-0.2, -0.15) is 0 Å². The largest absolute Gasteiger partial charge is 0.480 e.